The number of benzene rings is 1. The van der Waals surface area contributed by atoms with Gasteiger partial charge >= 0.3 is 0 Å². The highest BCUT2D eigenvalue weighted by molar-refractivity contribution is 6.41. The lowest BCUT2D eigenvalue weighted by Crippen LogP contribution is -2.28. The van der Waals surface area contributed by atoms with E-state index in [1.54, 1.807) is 26.5 Å². The van der Waals surface area contributed by atoms with E-state index < -0.39 is 0 Å². The van der Waals surface area contributed by atoms with E-state index in [-0.39, 0.29) is 5.41 Å². The van der Waals surface area contributed by atoms with E-state index in [0.29, 0.717) is 38.6 Å². The Bertz CT molecular complexity index is 1170. The number of ether oxygens (including phenoxy) is 3. The number of halogens is 2. The van der Waals surface area contributed by atoms with Crippen LogP contribution in [0.25, 0.3) is 22.0 Å². The quantitative estimate of drug-likeness (QED) is 0.579. The van der Waals surface area contributed by atoms with Gasteiger partial charge in [-0.05, 0) is 25.0 Å². The van der Waals surface area contributed by atoms with Crippen LogP contribution in [0.15, 0.2) is 24.4 Å². The van der Waals surface area contributed by atoms with Crippen LogP contribution in [0.5, 0.6) is 11.5 Å². The molecule has 1 spiro atoms. The largest absolute Gasteiger partial charge is 0.495 e. The Balaban J connectivity index is 1.71. The Morgan fingerprint density at radius 2 is 1.84 bits per heavy atom. The maximum Gasteiger partial charge on any atom is 0.141 e. The average molecular weight is 475 g/mol. The molecule has 4 heterocycles. The van der Waals surface area contributed by atoms with Gasteiger partial charge in [0.25, 0.3) is 0 Å². The summed E-state index contributed by atoms with van der Waals surface area (Å²) in [4.78, 5) is 11.6. The van der Waals surface area contributed by atoms with E-state index in [2.05, 4.69) is 9.88 Å². The number of pyridine rings is 2. The fourth-order valence-corrected chi connectivity index (χ4v) is 5.41. The van der Waals surface area contributed by atoms with Crippen LogP contribution in [0, 0.1) is 5.41 Å². The van der Waals surface area contributed by atoms with Crippen LogP contribution < -0.4 is 20.1 Å². The minimum Gasteiger partial charge on any atom is -0.495 e. The van der Waals surface area contributed by atoms with E-state index >= 15 is 0 Å². The summed E-state index contributed by atoms with van der Waals surface area (Å²) < 4.78 is 16.6. The Kier molecular flexibility index (Phi) is 5.43. The lowest BCUT2D eigenvalue weighted by atomic mass is 9.87. The summed E-state index contributed by atoms with van der Waals surface area (Å²) in [5.74, 6) is 2.21. The van der Waals surface area contributed by atoms with Crippen molar-refractivity contribution in [1.82, 2.24) is 9.97 Å². The van der Waals surface area contributed by atoms with Crippen LogP contribution in [0.3, 0.4) is 0 Å². The first-order valence-corrected chi connectivity index (χ1v) is 11.2. The molecule has 7 nitrogen and oxygen atoms in total. The van der Waals surface area contributed by atoms with Gasteiger partial charge in [0.05, 0.1) is 36.6 Å². The van der Waals surface area contributed by atoms with Gasteiger partial charge < -0.3 is 24.8 Å². The smallest absolute Gasteiger partial charge is 0.141 e. The van der Waals surface area contributed by atoms with Crippen molar-refractivity contribution >= 4 is 45.6 Å². The molecule has 2 N–H and O–H groups in total. The molecule has 0 bridgehead atoms. The summed E-state index contributed by atoms with van der Waals surface area (Å²) in [5, 5.41) is 2.60. The SMILES string of the molecule is COc1cc(OC)c(Cl)c(-c2cc3cnc(N)cc3c(N3CCC4(CCOC4)C3)n2)c1Cl. The van der Waals surface area contributed by atoms with Gasteiger partial charge in [0.1, 0.15) is 23.1 Å². The Morgan fingerprint density at radius 3 is 2.50 bits per heavy atom. The van der Waals surface area contributed by atoms with Gasteiger partial charge in [-0.15, -0.1) is 0 Å². The van der Waals surface area contributed by atoms with Crippen LogP contribution in [0.2, 0.25) is 10.0 Å². The molecule has 2 aromatic heterocycles. The first-order valence-electron chi connectivity index (χ1n) is 10.4. The minimum atomic E-state index is 0.178. The average Bonchev–Trinajstić information content (AvgIpc) is 3.43. The normalized spacial score (nSPS) is 20.4. The third kappa shape index (κ3) is 3.49. The van der Waals surface area contributed by atoms with Crippen molar-refractivity contribution in [2.45, 2.75) is 12.8 Å². The summed E-state index contributed by atoms with van der Waals surface area (Å²) in [7, 11) is 3.11. The molecule has 2 aliphatic heterocycles. The zero-order chi connectivity index (χ0) is 22.5. The predicted molar refractivity (Wildman–Crippen MR) is 127 cm³/mol. The van der Waals surface area contributed by atoms with Crippen LogP contribution in [-0.4, -0.2) is 50.5 Å². The predicted octanol–water partition coefficient (Wildman–Crippen LogP) is 4.82. The second-order valence-electron chi connectivity index (χ2n) is 8.42. The van der Waals surface area contributed by atoms with Gasteiger partial charge in [0, 0.05) is 53.7 Å². The number of hydrogen-bond donors (Lipinski definition) is 1. The van der Waals surface area contributed by atoms with Crippen molar-refractivity contribution in [3.63, 3.8) is 0 Å². The van der Waals surface area contributed by atoms with Crippen molar-refractivity contribution < 1.29 is 14.2 Å². The number of fused-ring (bicyclic) bond motifs is 1. The standard InChI is InChI=1S/C23H24Cl2N4O3/c1-30-16-9-17(31-2)21(25)19(20(16)24)15-7-13-10-27-18(26)8-14(13)22(28-15)29-5-3-23(11-29)4-6-32-12-23/h7-10H,3-6,11-12H2,1-2H3,(H2,26,27). The molecule has 0 radical (unpaired) electrons. The first-order chi connectivity index (χ1) is 15.4. The molecule has 32 heavy (non-hydrogen) atoms. The molecule has 0 amide bonds. The maximum absolute atomic E-state index is 6.69. The van der Waals surface area contributed by atoms with Crippen molar-refractivity contribution in [3.8, 4) is 22.8 Å². The molecule has 1 unspecified atom stereocenters. The fourth-order valence-electron chi connectivity index (χ4n) is 4.71. The number of hydrogen-bond acceptors (Lipinski definition) is 7. The van der Waals surface area contributed by atoms with Gasteiger partial charge in [-0.3, -0.25) is 0 Å². The van der Waals surface area contributed by atoms with Crippen LogP contribution >= 0.6 is 23.2 Å². The Hall–Kier alpha value is -2.48. The number of nitrogens with two attached hydrogens (primary N) is 1. The van der Waals surface area contributed by atoms with E-state index in [0.717, 1.165) is 55.7 Å². The highest BCUT2D eigenvalue weighted by Crippen LogP contribution is 2.47. The third-order valence-electron chi connectivity index (χ3n) is 6.47. The highest BCUT2D eigenvalue weighted by atomic mass is 35.5. The lowest BCUT2D eigenvalue weighted by Gasteiger charge is -2.24. The zero-order valence-corrected chi connectivity index (χ0v) is 19.5. The Morgan fingerprint density at radius 1 is 1.09 bits per heavy atom. The first kappa shape index (κ1) is 21.4. The summed E-state index contributed by atoms with van der Waals surface area (Å²) in [6, 6.07) is 5.46. The summed E-state index contributed by atoms with van der Waals surface area (Å²) in [6.45, 7) is 3.37. The molecule has 2 fully saturated rings. The topological polar surface area (TPSA) is 82.7 Å². The molecule has 168 valence electrons. The maximum atomic E-state index is 6.69. The van der Waals surface area contributed by atoms with E-state index in [1.807, 2.05) is 12.1 Å². The van der Waals surface area contributed by atoms with Gasteiger partial charge in [-0.2, -0.15) is 0 Å². The molecule has 2 saturated heterocycles. The highest BCUT2D eigenvalue weighted by Gasteiger charge is 2.42. The molecule has 3 aromatic rings. The summed E-state index contributed by atoms with van der Waals surface area (Å²) in [6.07, 6.45) is 3.88. The molecule has 0 aliphatic carbocycles. The van der Waals surface area contributed by atoms with Gasteiger partial charge in [-0.25, -0.2) is 9.97 Å². The molecule has 9 heteroatoms. The van der Waals surface area contributed by atoms with E-state index in [4.69, 9.17) is 48.1 Å². The van der Waals surface area contributed by atoms with Crippen molar-refractivity contribution in [3.05, 3.63) is 34.4 Å². The number of nitrogens with zero attached hydrogens (tertiary/aromatic N) is 3. The van der Waals surface area contributed by atoms with Gasteiger partial charge in [0.2, 0.25) is 0 Å². The van der Waals surface area contributed by atoms with E-state index in [1.165, 1.54) is 0 Å². The second-order valence-corrected chi connectivity index (χ2v) is 9.18. The van der Waals surface area contributed by atoms with Crippen LogP contribution in [0.4, 0.5) is 11.6 Å². The third-order valence-corrected chi connectivity index (χ3v) is 7.22. The van der Waals surface area contributed by atoms with Crippen molar-refractivity contribution in [2.24, 2.45) is 5.41 Å². The minimum absolute atomic E-state index is 0.178. The number of rotatable bonds is 4. The van der Waals surface area contributed by atoms with E-state index in [9.17, 15) is 0 Å². The summed E-state index contributed by atoms with van der Waals surface area (Å²) in [5.41, 5.74) is 7.38. The zero-order valence-electron chi connectivity index (χ0n) is 18.0. The molecule has 2 aliphatic rings. The number of nitrogen functional groups attached to an aromatic ring is 1. The molecule has 5 rings (SSSR count). The number of methoxy groups -OCH3 is 2. The van der Waals surface area contributed by atoms with Crippen molar-refractivity contribution in [1.29, 1.82) is 0 Å². The molecular formula is C23H24Cl2N4O3. The monoisotopic (exact) mass is 474 g/mol. The molecule has 1 aromatic carbocycles. The Labute approximate surface area is 196 Å². The van der Waals surface area contributed by atoms with Crippen LogP contribution in [-0.2, 0) is 4.74 Å². The second kappa shape index (κ2) is 8.14. The lowest BCUT2D eigenvalue weighted by molar-refractivity contribution is 0.160. The van der Waals surface area contributed by atoms with Crippen molar-refractivity contribution in [2.75, 3.05) is 51.2 Å². The fraction of sp³-hybridized carbons (Fsp3) is 0.391. The molecular weight excluding hydrogens is 451 g/mol. The van der Waals surface area contributed by atoms with Crippen LogP contribution in [0.1, 0.15) is 12.8 Å². The number of aromatic nitrogens is 2. The van der Waals surface area contributed by atoms with Gasteiger partial charge in [-0.1, -0.05) is 23.2 Å². The number of anilines is 2. The summed E-state index contributed by atoms with van der Waals surface area (Å²) >= 11 is 13.4. The van der Waals surface area contributed by atoms with Gasteiger partial charge in [0.15, 0.2) is 0 Å². The molecule has 0 saturated carbocycles. The molecule has 1 atom stereocenters.